The number of piperidine rings is 1. The minimum Gasteiger partial charge on any atom is -0.371 e. The molecule has 1 saturated carbocycles. The second-order valence-corrected chi connectivity index (χ2v) is 12.1. The Bertz CT molecular complexity index is 1270. The van der Waals surface area contributed by atoms with E-state index >= 15 is 0 Å². The number of benzene rings is 1. The lowest BCUT2D eigenvalue weighted by atomic mass is 9.85. The van der Waals surface area contributed by atoms with Crippen LogP contribution < -0.4 is 15.5 Å². The van der Waals surface area contributed by atoms with Gasteiger partial charge in [0.2, 0.25) is 0 Å². The lowest BCUT2D eigenvalue weighted by Gasteiger charge is -2.36. The minimum absolute atomic E-state index is 0.388. The van der Waals surface area contributed by atoms with Crippen molar-refractivity contribution in [2.45, 2.75) is 87.6 Å². The molecule has 3 aromatic rings. The van der Waals surface area contributed by atoms with Crippen molar-refractivity contribution < 1.29 is 0 Å². The quantitative estimate of drug-likeness (QED) is 0.379. The summed E-state index contributed by atoms with van der Waals surface area (Å²) in [5, 5.41) is 7.17. The molecule has 2 aliphatic carbocycles. The van der Waals surface area contributed by atoms with Crippen LogP contribution in [0.3, 0.4) is 0 Å². The number of aromatic nitrogens is 4. The van der Waals surface area contributed by atoms with Crippen molar-refractivity contribution in [2.75, 3.05) is 31.1 Å². The fourth-order valence-electron chi connectivity index (χ4n) is 8.16. The van der Waals surface area contributed by atoms with Gasteiger partial charge >= 0.3 is 0 Å². The first-order valence-electron chi connectivity index (χ1n) is 14.8. The second-order valence-electron chi connectivity index (χ2n) is 12.1. The van der Waals surface area contributed by atoms with Crippen molar-refractivity contribution in [3.63, 3.8) is 0 Å². The van der Waals surface area contributed by atoms with Gasteiger partial charge in [-0.15, -0.1) is 0 Å². The average molecular weight is 498 g/mol. The molecular weight excluding hydrogens is 458 g/mol. The van der Waals surface area contributed by atoms with Gasteiger partial charge in [-0.05, 0) is 99.9 Å². The van der Waals surface area contributed by atoms with Crippen molar-refractivity contribution in [3.8, 4) is 11.3 Å². The standard InChI is InChI=1S/C30H39N7/c1-3-22(31-11-1)29-33-16-24(35-29)18-9-13-37(14-10-18)26-8-7-21(27-19-5-6-20(15-19)28(26)27)25-17-34-30(36-25)23-4-2-12-32-23/h7-8,16-20,22-23,31-32H,1-6,9-15H2,(H,33,35)(H,34,36)/t19?,20?,22-,23-/m0/s1. The zero-order chi connectivity index (χ0) is 24.3. The van der Waals surface area contributed by atoms with Crippen LogP contribution in [0.5, 0.6) is 0 Å². The summed E-state index contributed by atoms with van der Waals surface area (Å²) in [7, 11) is 0. The van der Waals surface area contributed by atoms with E-state index in [9.17, 15) is 0 Å². The number of fused-ring (bicyclic) bond motifs is 5. The highest BCUT2D eigenvalue weighted by Gasteiger charge is 2.41. The summed E-state index contributed by atoms with van der Waals surface area (Å²) in [5.74, 6) is 4.30. The summed E-state index contributed by atoms with van der Waals surface area (Å²) in [6.07, 6.45) is 15.5. The van der Waals surface area contributed by atoms with Gasteiger partial charge in [0.1, 0.15) is 11.6 Å². The highest BCUT2D eigenvalue weighted by molar-refractivity contribution is 5.75. The fourth-order valence-corrected chi connectivity index (χ4v) is 8.16. The molecule has 5 aliphatic rings. The molecule has 7 heteroatoms. The number of imidazole rings is 2. The van der Waals surface area contributed by atoms with E-state index in [0.29, 0.717) is 18.0 Å². The Morgan fingerprint density at radius 3 is 2.14 bits per heavy atom. The molecule has 4 fully saturated rings. The van der Waals surface area contributed by atoms with Crippen molar-refractivity contribution in [2.24, 2.45) is 0 Å². The van der Waals surface area contributed by atoms with Crippen molar-refractivity contribution in [1.82, 2.24) is 30.6 Å². The molecule has 4 atom stereocenters. The van der Waals surface area contributed by atoms with Crippen LogP contribution in [0.25, 0.3) is 11.3 Å². The van der Waals surface area contributed by atoms with E-state index < -0.39 is 0 Å². The molecule has 2 bridgehead atoms. The molecule has 1 aromatic carbocycles. The number of nitrogens with zero attached hydrogens (tertiary/aromatic N) is 3. The van der Waals surface area contributed by atoms with Crippen LogP contribution in [0.1, 0.15) is 116 Å². The SMILES string of the molecule is c1nc([C@@H]2CCCN2)[nH]c1-c1ccc(N2CCC(c3cnc([C@@H]4CCCN4)[nH]3)CC2)c2c1C1CCC2C1. The smallest absolute Gasteiger partial charge is 0.123 e. The van der Waals surface area contributed by atoms with Gasteiger partial charge in [-0.1, -0.05) is 6.07 Å². The maximum absolute atomic E-state index is 4.80. The normalized spacial score (nSPS) is 29.5. The third-order valence-corrected chi connectivity index (χ3v) is 10.1. The third kappa shape index (κ3) is 3.76. The Morgan fingerprint density at radius 2 is 1.41 bits per heavy atom. The molecule has 5 heterocycles. The molecule has 4 N–H and O–H groups in total. The van der Waals surface area contributed by atoms with Crippen molar-refractivity contribution in [1.29, 1.82) is 0 Å². The highest BCUT2D eigenvalue weighted by Crippen LogP contribution is 2.58. The van der Waals surface area contributed by atoms with Crippen LogP contribution in [0.15, 0.2) is 24.5 Å². The molecule has 0 spiro atoms. The van der Waals surface area contributed by atoms with E-state index in [-0.39, 0.29) is 0 Å². The summed E-state index contributed by atoms with van der Waals surface area (Å²) in [5.41, 5.74) is 8.77. The van der Waals surface area contributed by atoms with E-state index in [1.165, 1.54) is 80.4 Å². The number of rotatable bonds is 5. The topological polar surface area (TPSA) is 84.7 Å². The minimum atomic E-state index is 0.388. The third-order valence-electron chi connectivity index (χ3n) is 10.1. The lowest BCUT2D eigenvalue weighted by molar-refractivity contribution is 0.494. The number of hydrogen-bond acceptors (Lipinski definition) is 5. The number of H-pyrrole nitrogens is 2. The highest BCUT2D eigenvalue weighted by atomic mass is 15.1. The molecule has 37 heavy (non-hydrogen) atoms. The molecule has 0 radical (unpaired) electrons. The van der Waals surface area contributed by atoms with Gasteiger partial charge in [0, 0.05) is 42.1 Å². The van der Waals surface area contributed by atoms with Crippen LogP contribution in [0.2, 0.25) is 0 Å². The Morgan fingerprint density at radius 1 is 0.703 bits per heavy atom. The molecule has 3 aliphatic heterocycles. The zero-order valence-electron chi connectivity index (χ0n) is 21.7. The van der Waals surface area contributed by atoms with Crippen LogP contribution in [-0.4, -0.2) is 46.1 Å². The van der Waals surface area contributed by atoms with Crippen LogP contribution in [0, 0.1) is 0 Å². The Labute approximate surface area is 219 Å². The van der Waals surface area contributed by atoms with Crippen LogP contribution in [-0.2, 0) is 0 Å². The first kappa shape index (κ1) is 22.4. The predicted octanol–water partition coefficient (Wildman–Crippen LogP) is 5.40. The van der Waals surface area contributed by atoms with Crippen LogP contribution >= 0.6 is 0 Å². The summed E-state index contributed by atoms with van der Waals surface area (Å²) < 4.78 is 0. The lowest BCUT2D eigenvalue weighted by Crippen LogP contribution is -2.34. The molecule has 2 unspecified atom stereocenters. The van der Waals surface area contributed by atoms with E-state index in [1.54, 1.807) is 11.1 Å². The van der Waals surface area contributed by atoms with E-state index in [2.05, 4.69) is 50.0 Å². The van der Waals surface area contributed by atoms with Crippen molar-refractivity contribution in [3.05, 3.63) is 53.0 Å². The van der Waals surface area contributed by atoms with Gasteiger partial charge in [0.15, 0.2) is 0 Å². The molecular formula is C30H39N7. The number of anilines is 1. The average Bonchev–Trinajstić information content (AvgIpc) is 3.79. The zero-order valence-corrected chi connectivity index (χ0v) is 21.7. The van der Waals surface area contributed by atoms with Gasteiger partial charge in [-0.2, -0.15) is 0 Å². The monoisotopic (exact) mass is 497 g/mol. The molecule has 2 aromatic heterocycles. The van der Waals surface area contributed by atoms with Gasteiger partial charge in [-0.3, -0.25) is 0 Å². The van der Waals surface area contributed by atoms with Crippen LogP contribution in [0.4, 0.5) is 5.69 Å². The molecule has 0 amide bonds. The Kier molecular flexibility index (Phi) is 5.43. The molecule has 3 saturated heterocycles. The first-order chi connectivity index (χ1) is 18.3. The Balaban J connectivity index is 1.04. The van der Waals surface area contributed by atoms with E-state index in [1.807, 2.05) is 0 Å². The van der Waals surface area contributed by atoms with Gasteiger partial charge in [0.25, 0.3) is 0 Å². The van der Waals surface area contributed by atoms with Gasteiger partial charge in [-0.25, -0.2) is 9.97 Å². The van der Waals surface area contributed by atoms with Gasteiger partial charge in [0.05, 0.1) is 24.0 Å². The van der Waals surface area contributed by atoms with E-state index in [4.69, 9.17) is 9.97 Å². The molecule has 194 valence electrons. The first-order valence-corrected chi connectivity index (χ1v) is 14.8. The summed E-state index contributed by atoms with van der Waals surface area (Å²) in [4.78, 5) is 19.6. The van der Waals surface area contributed by atoms with E-state index in [0.717, 1.165) is 49.7 Å². The predicted molar refractivity (Wildman–Crippen MR) is 146 cm³/mol. The molecule has 7 nitrogen and oxygen atoms in total. The summed E-state index contributed by atoms with van der Waals surface area (Å²) in [6.45, 7) is 4.48. The maximum Gasteiger partial charge on any atom is 0.123 e. The number of nitrogens with one attached hydrogen (secondary N) is 4. The Hall–Kier alpha value is -2.64. The number of aromatic amines is 2. The largest absolute Gasteiger partial charge is 0.371 e. The van der Waals surface area contributed by atoms with Crippen molar-refractivity contribution >= 4 is 5.69 Å². The summed E-state index contributed by atoms with van der Waals surface area (Å²) >= 11 is 0. The maximum atomic E-state index is 4.80. The summed E-state index contributed by atoms with van der Waals surface area (Å²) in [6, 6.07) is 5.64. The second kappa shape index (κ2) is 8.98. The fraction of sp³-hybridized carbons (Fsp3) is 0.600. The molecule has 8 rings (SSSR count). The number of hydrogen-bond donors (Lipinski definition) is 4. The van der Waals surface area contributed by atoms with Gasteiger partial charge < -0.3 is 25.5 Å².